The molecular weight excluding hydrogens is 384 g/mol. The predicted octanol–water partition coefficient (Wildman–Crippen LogP) is 4.81. The van der Waals surface area contributed by atoms with Crippen LogP contribution in [0.2, 0.25) is 0 Å². The van der Waals surface area contributed by atoms with Crippen molar-refractivity contribution in [2.45, 2.75) is 26.2 Å². The van der Waals surface area contributed by atoms with Crippen molar-refractivity contribution in [3.05, 3.63) is 75.5 Å². The summed E-state index contributed by atoms with van der Waals surface area (Å²) in [5.41, 5.74) is 2.95. The number of anilines is 1. The van der Waals surface area contributed by atoms with Crippen LogP contribution in [0.1, 0.15) is 42.2 Å². The van der Waals surface area contributed by atoms with E-state index >= 15 is 0 Å². The van der Waals surface area contributed by atoms with Gasteiger partial charge in [0.15, 0.2) is 10.8 Å². The molecule has 1 amide bonds. The summed E-state index contributed by atoms with van der Waals surface area (Å²) in [5.74, 6) is 0.111. The molecule has 4 rings (SSSR count). The van der Waals surface area contributed by atoms with Gasteiger partial charge in [-0.05, 0) is 24.0 Å². The van der Waals surface area contributed by atoms with Crippen LogP contribution in [-0.4, -0.2) is 21.1 Å². The Labute approximate surface area is 171 Å². The molecule has 6 nitrogen and oxygen atoms in total. The molecule has 2 N–H and O–H groups in total. The molecule has 2 heterocycles. The normalized spacial score (nSPS) is 12.1. The summed E-state index contributed by atoms with van der Waals surface area (Å²) >= 11 is 1.35. The van der Waals surface area contributed by atoms with Gasteiger partial charge in [-0.1, -0.05) is 56.3 Å². The van der Waals surface area contributed by atoms with Crippen LogP contribution in [0.5, 0.6) is 0 Å². The van der Waals surface area contributed by atoms with E-state index in [0.717, 1.165) is 17.7 Å². The van der Waals surface area contributed by atoms with Crippen molar-refractivity contribution in [3.8, 4) is 11.3 Å². The Morgan fingerprint density at radius 1 is 1.14 bits per heavy atom. The van der Waals surface area contributed by atoms with Crippen molar-refractivity contribution in [1.29, 1.82) is 0 Å². The number of aromatic nitrogens is 3. The van der Waals surface area contributed by atoms with Crippen LogP contribution in [0, 0.1) is 0 Å². The van der Waals surface area contributed by atoms with Crippen molar-refractivity contribution >= 4 is 33.1 Å². The average molecular weight is 404 g/mol. The zero-order chi connectivity index (χ0) is 20.4. The number of amides is 1. The van der Waals surface area contributed by atoms with Gasteiger partial charge in [-0.25, -0.2) is 10.1 Å². The van der Waals surface area contributed by atoms with Gasteiger partial charge in [-0.2, -0.15) is 5.10 Å². The van der Waals surface area contributed by atoms with Crippen LogP contribution in [0.15, 0.2) is 58.7 Å². The molecular formula is C22H20N4O2S. The molecule has 0 saturated carbocycles. The molecule has 29 heavy (non-hydrogen) atoms. The summed E-state index contributed by atoms with van der Waals surface area (Å²) in [4.78, 5) is 29.1. The van der Waals surface area contributed by atoms with Crippen molar-refractivity contribution in [3.63, 3.8) is 0 Å². The first-order valence-electron chi connectivity index (χ1n) is 9.41. The number of carbonyl (C=O) groups is 1. The Bertz CT molecular complexity index is 1230. The topological polar surface area (TPSA) is 87.7 Å². The average Bonchev–Trinajstić information content (AvgIpc) is 3.22. The van der Waals surface area contributed by atoms with Crippen molar-refractivity contribution in [1.82, 2.24) is 15.2 Å². The van der Waals surface area contributed by atoms with Gasteiger partial charge in [0.2, 0.25) is 0 Å². The Hall–Kier alpha value is -3.32. The highest BCUT2D eigenvalue weighted by Crippen LogP contribution is 2.27. The number of hydrogen-bond donors (Lipinski definition) is 2. The van der Waals surface area contributed by atoms with E-state index in [-0.39, 0.29) is 11.3 Å². The van der Waals surface area contributed by atoms with Crippen LogP contribution >= 0.6 is 11.3 Å². The van der Waals surface area contributed by atoms with Gasteiger partial charge in [0.25, 0.3) is 11.5 Å². The molecule has 0 aliphatic heterocycles. The van der Waals surface area contributed by atoms with E-state index in [2.05, 4.69) is 58.6 Å². The fraction of sp³-hybridized carbons (Fsp3) is 0.182. The molecule has 2 aromatic heterocycles. The third-order valence-corrected chi connectivity index (χ3v) is 5.78. The molecule has 0 unspecified atom stereocenters. The first kappa shape index (κ1) is 19.0. The number of H-pyrrole nitrogens is 1. The second-order valence-electron chi connectivity index (χ2n) is 6.87. The molecule has 0 aliphatic rings. The number of rotatable bonds is 5. The Morgan fingerprint density at radius 3 is 2.59 bits per heavy atom. The molecule has 7 heteroatoms. The Balaban J connectivity index is 1.56. The summed E-state index contributed by atoms with van der Waals surface area (Å²) in [6, 6.07) is 15.2. The SMILES string of the molecule is CC[C@@H](C)c1ccc(-c2csc(NC(=O)c3n[nH]c(=O)c4ccccc34)n2)cc1. The Kier molecular flexibility index (Phi) is 5.22. The van der Waals surface area contributed by atoms with Crippen molar-refractivity contribution in [2.24, 2.45) is 0 Å². The second kappa shape index (κ2) is 7.97. The molecule has 0 bridgehead atoms. The van der Waals surface area contributed by atoms with E-state index in [9.17, 15) is 9.59 Å². The smallest absolute Gasteiger partial charge is 0.278 e. The van der Waals surface area contributed by atoms with Gasteiger partial charge >= 0.3 is 0 Å². The molecule has 146 valence electrons. The molecule has 0 radical (unpaired) electrons. The highest BCUT2D eigenvalue weighted by molar-refractivity contribution is 7.14. The summed E-state index contributed by atoms with van der Waals surface area (Å²) < 4.78 is 0. The minimum Gasteiger partial charge on any atom is -0.296 e. The number of fused-ring (bicyclic) bond motifs is 1. The van der Waals surface area contributed by atoms with Crippen LogP contribution in [-0.2, 0) is 0 Å². The van der Waals surface area contributed by atoms with E-state index in [1.165, 1.54) is 16.9 Å². The summed E-state index contributed by atoms with van der Waals surface area (Å²) in [6.07, 6.45) is 1.10. The summed E-state index contributed by atoms with van der Waals surface area (Å²) in [5, 5.41) is 12.4. The largest absolute Gasteiger partial charge is 0.296 e. The molecule has 2 aromatic carbocycles. The molecule has 0 spiro atoms. The van der Waals surface area contributed by atoms with Crippen molar-refractivity contribution in [2.75, 3.05) is 5.32 Å². The van der Waals surface area contributed by atoms with E-state index in [4.69, 9.17) is 0 Å². The first-order chi connectivity index (χ1) is 14.1. The fourth-order valence-corrected chi connectivity index (χ4v) is 3.84. The van der Waals surface area contributed by atoms with Crippen LogP contribution < -0.4 is 10.9 Å². The quantitative estimate of drug-likeness (QED) is 0.499. The summed E-state index contributed by atoms with van der Waals surface area (Å²) in [7, 11) is 0. The van der Waals surface area contributed by atoms with Gasteiger partial charge in [-0.15, -0.1) is 11.3 Å². The monoisotopic (exact) mass is 404 g/mol. The van der Waals surface area contributed by atoms with Crippen molar-refractivity contribution < 1.29 is 4.79 Å². The maximum absolute atomic E-state index is 12.7. The second-order valence-corrected chi connectivity index (χ2v) is 7.73. The molecule has 4 aromatic rings. The van der Waals surface area contributed by atoms with Crippen LogP contribution in [0.25, 0.3) is 22.0 Å². The molecule has 0 aliphatic carbocycles. The molecule has 1 atom stereocenters. The standard InChI is InChI=1S/C22H20N4O2S/c1-3-13(2)14-8-10-15(11-9-14)18-12-29-22(23-18)24-21(28)19-16-6-4-5-7-17(16)20(27)26-25-19/h4-13H,3H2,1-2H3,(H,26,27)(H,23,24,28)/t13-/m1/s1. The molecule has 0 fully saturated rings. The van der Waals surface area contributed by atoms with Gasteiger partial charge in [0, 0.05) is 16.3 Å². The van der Waals surface area contributed by atoms with E-state index < -0.39 is 5.91 Å². The number of carbonyl (C=O) groups excluding carboxylic acids is 1. The number of thiazole rings is 1. The van der Waals surface area contributed by atoms with E-state index in [0.29, 0.717) is 21.8 Å². The third-order valence-electron chi connectivity index (χ3n) is 5.02. The molecule has 0 saturated heterocycles. The number of nitrogens with one attached hydrogen (secondary N) is 2. The zero-order valence-electron chi connectivity index (χ0n) is 16.1. The van der Waals surface area contributed by atoms with Crippen LogP contribution in [0.4, 0.5) is 5.13 Å². The predicted molar refractivity (Wildman–Crippen MR) is 117 cm³/mol. The Morgan fingerprint density at radius 2 is 1.86 bits per heavy atom. The zero-order valence-corrected chi connectivity index (χ0v) is 16.9. The van der Waals surface area contributed by atoms with Gasteiger partial charge in [0.1, 0.15) is 0 Å². The highest BCUT2D eigenvalue weighted by Gasteiger charge is 2.16. The third kappa shape index (κ3) is 3.82. The maximum atomic E-state index is 12.7. The minimum atomic E-state index is -0.412. The first-order valence-corrected chi connectivity index (χ1v) is 10.3. The minimum absolute atomic E-state index is 0.162. The lowest BCUT2D eigenvalue weighted by atomic mass is 9.97. The lowest BCUT2D eigenvalue weighted by Gasteiger charge is -2.08. The van der Waals surface area contributed by atoms with Crippen LogP contribution in [0.3, 0.4) is 0 Å². The van der Waals surface area contributed by atoms with E-state index in [1.54, 1.807) is 24.3 Å². The number of nitrogens with zero attached hydrogens (tertiary/aromatic N) is 2. The van der Waals surface area contributed by atoms with E-state index in [1.807, 2.05) is 5.38 Å². The summed E-state index contributed by atoms with van der Waals surface area (Å²) in [6.45, 7) is 4.38. The number of benzene rings is 2. The highest BCUT2D eigenvalue weighted by atomic mass is 32.1. The van der Waals surface area contributed by atoms with Gasteiger partial charge in [0.05, 0.1) is 11.1 Å². The number of hydrogen-bond acceptors (Lipinski definition) is 5. The van der Waals surface area contributed by atoms with Gasteiger partial charge < -0.3 is 0 Å². The fourth-order valence-electron chi connectivity index (χ4n) is 3.13. The lowest BCUT2D eigenvalue weighted by molar-refractivity contribution is 0.102. The lowest BCUT2D eigenvalue weighted by Crippen LogP contribution is -2.19. The van der Waals surface area contributed by atoms with Gasteiger partial charge in [-0.3, -0.25) is 14.9 Å². The number of aromatic amines is 1. The maximum Gasteiger partial charge on any atom is 0.278 e.